The van der Waals surface area contributed by atoms with Crippen molar-refractivity contribution in [2.75, 3.05) is 5.75 Å². The molecule has 0 saturated heterocycles. The first-order valence-corrected chi connectivity index (χ1v) is 6.79. The van der Waals surface area contributed by atoms with Crippen LogP contribution < -0.4 is 0 Å². The van der Waals surface area contributed by atoms with Crippen LogP contribution in [-0.4, -0.2) is 29.9 Å². The van der Waals surface area contributed by atoms with Crippen LogP contribution in [0.15, 0.2) is 0 Å². The highest BCUT2D eigenvalue weighted by Gasteiger charge is 2.25. The summed E-state index contributed by atoms with van der Waals surface area (Å²) in [5, 5.41) is 0. The zero-order valence-corrected chi connectivity index (χ0v) is 9.97. The molecule has 0 spiro atoms. The summed E-state index contributed by atoms with van der Waals surface area (Å²) in [4.78, 5) is 19.3. The monoisotopic (exact) mass is 240 g/mol. The first-order chi connectivity index (χ1) is 7.39. The first kappa shape index (κ1) is 11.2. The second-order valence-electron chi connectivity index (χ2n) is 3.96. The van der Waals surface area contributed by atoms with Crippen LogP contribution in [0.5, 0.6) is 0 Å². The Kier molecular flexibility index (Phi) is 2.53. The van der Waals surface area contributed by atoms with Crippen LogP contribution in [0.25, 0.3) is 0 Å². The molecule has 6 heteroatoms. The van der Waals surface area contributed by atoms with Gasteiger partial charge in [-0.1, -0.05) is 0 Å². The molecular weight excluding hydrogens is 228 g/mol. The number of aromatic nitrogens is 2. The molecule has 86 valence electrons. The fraction of sp³-hybridized carbons (Fsp3) is 0.500. The first-order valence-electron chi connectivity index (χ1n) is 4.97. The molecule has 0 fully saturated rings. The van der Waals surface area contributed by atoms with Crippen molar-refractivity contribution in [3.63, 3.8) is 0 Å². The van der Waals surface area contributed by atoms with Gasteiger partial charge in [0.1, 0.15) is 0 Å². The van der Waals surface area contributed by atoms with Gasteiger partial charge in [0, 0.05) is 24.6 Å². The predicted octanol–water partition coefficient (Wildman–Crippen LogP) is 0.459. The van der Waals surface area contributed by atoms with Crippen LogP contribution in [0.1, 0.15) is 34.5 Å². The minimum absolute atomic E-state index is 0.00759. The average molecular weight is 240 g/mol. The summed E-state index contributed by atoms with van der Waals surface area (Å²) >= 11 is 0. The molecule has 0 amide bonds. The lowest BCUT2D eigenvalue weighted by molar-refractivity contribution is 0.100. The van der Waals surface area contributed by atoms with E-state index in [-0.39, 0.29) is 23.1 Å². The maximum atomic E-state index is 11.5. The summed E-state index contributed by atoms with van der Waals surface area (Å²) in [6, 6.07) is 0. The number of hydrogen-bond donors (Lipinski definition) is 0. The number of aryl methyl sites for hydroxylation is 2. The predicted molar refractivity (Wildman–Crippen MR) is 58.0 cm³/mol. The van der Waals surface area contributed by atoms with Crippen molar-refractivity contribution in [1.82, 2.24) is 9.97 Å². The Bertz CT molecular complexity index is 564. The summed E-state index contributed by atoms with van der Waals surface area (Å²) in [6.07, 6.45) is 0.376. The molecule has 1 aliphatic heterocycles. The summed E-state index contributed by atoms with van der Waals surface area (Å²) in [5.41, 5.74) is 1.96. The van der Waals surface area contributed by atoms with Crippen molar-refractivity contribution < 1.29 is 13.2 Å². The van der Waals surface area contributed by atoms with E-state index < -0.39 is 9.84 Å². The van der Waals surface area contributed by atoms with Crippen molar-refractivity contribution in [1.29, 1.82) is 0 Å². The van der Waals surface area contributed by atoms with Crippen molar-refractivity contribution in [3.8, 4) is 0 Å². The summed E-state index contributed by atoms with van der Waals surface area (Å²) < 4.78 is 22.9. The molecule has 5 nitrogen and oxygen atoms in total. The molecule has 16 heavy (non-hydrogen) atoms. The topological polar surface area (TPSA) is 77.0 Å². The van der Waals surface area contributed by atoms with Gasteiger partial charge in [-0.3, -0.25) is 4.79 Å². The van der Waals surface area contributed by atoms with Crippen LogP contribution in [-0.2, 0) is 22.0 Å². The van der Waals surface area contributed by atoms with E-state index in [1.54, 1.807) is 6.92 Å². The van der Waals surface area contributed by atoms with Gasteiger partial charge in [-0.05, 0) is 6.92 Å². The highest BCUT2D eigenvalue weighted by Crippen LogP contribution is 2.21. The molecule has 1 aromatic rings. The Morgan fingerprint density at radius 2 is 2.00 bits per heavy atom. The maximum Gasteiger partial charge on any atom is 0.196 e. The van der Waals surface area contributed by atoms with E-state index in [1.165, 1.54) is 6.92 Å². The second kappa shape index (κ2) is 3.62. The molecule has 1 aromatic heterocycles. The summed E-state index contributed by atoms with van der Waals surface area (Å²) in [6.45, 7) is 3.12. The minimum atomic E-state index is -3.02. The lowest BCUT2D eigenvalue weighted by Gasteiger charge is -2.17. The van der Waals surface area contributed by atoms with E-state index in [9.17, 15) is 13.2 Å². The standard InChI is InChI=1S/C10H12N2O3S/c1-6-8-5-16(14,15)4-3-9(8)12-10(11-6)7(2)13/h3-5H2,1-2H3. The van der Waals surface area contributed by atoms with E-state index in [4.69, 9.17) is 0 Å². The average Bonchev–Trinajstić information content (AvgIpc) is 2.18. The highest BCUT2D eigenvalue weighted by atomic mass is 32.2. The largest absolute Gasteiger partial charge is 0.291 e. The van der Waals surface area contributed by atoms with E-state index >= 15 is 0 Å². The summed E-state index contributed by atoms with van der Waals surface area (Å²) in [5.74, 6) is 0.0787. The lowest BCUT2D eigenvalue weighted by atomic mass is 10.1. The van der Waals surface area contributed by atoms with Crippen LogP contribution in [0.2, 0.25) is 0 Å². The van der Waals surface area contributed by atoms with Crippen LogP contribution in [0.3, 0.4) is 0 Å². The van der Waals surface area contributed by atoms with Gasteiger partial charge < -0.3 is 0 Å². The number of Topliss-reactive ketones (excluding diaryl/α,β-unsaturated/α-hetero) is 1. The quantitative estimate of drug-likeness (QED) is 0.666. The molecule has 0 bridgehead atoms. The Balaban J connectivity index is 2.56. The molecule has 0 radical (unpaired) electrons. The third kappa shape index (κ3) is 1.97. The molecule has 0 aromatic carbocycles. The number of nitrogens with zero attached hydrogens (tertiary/aromatic N) is 2. The SMILES string of the molecule is CC(=O)c1nc(C)c2c(n1)CCS(=O)(=O)C2. The summed E-state index contributed by atoms with van der Waals surface area (Å²) in [7, 11) is -3.02. The molecule has 0 atom stereocenters. The maximum absolute atomic E-state index is 11.5. The smallest absolute Gasteiger partial charge is 0.196 e. The Labute approximate surface area is 93.8 Å². The van der Waals surface area contributed by atoms with Crippen LogP contribution in [0.4, 0.5) is 0 Å². The van der Waals surface area contributed by atoms with Gasteiger partial charge in [-0.25, -0.2) is 18.4 Å². The van der Waals surface area contributed by atoms with E-state index in [0.29, 0.717) is 23.4 Å². The lowest BCUT2D eigenvalue weighted by Crippen LogP contribution is -2.23. The number of sulfone groups is 1. The van der Waals surface area contributed by atoms with Gasteiger partial charge in [0.05, 0.1) is 17.2 Å². The second-order valence-corrected chi connectivity index (χ2v) is 6.14. The zero-order valence-electron chi connectivity index (χ0n) is 9.15. The Morgan fingerprint density at radius 3 is 2.62 bits per heavy atom. The fourth-order valence-corrected chi connectivity index (χ4v) is 3.22. The van der Waals surface area contributed by atoms with E-state index in [2.05, 4.69) is 9.97 Å². The fourth-order valence-electron chi connectivity index (χ4n) is 1.75. The molecule has 0 saturated carbocycles. The Hall–Kier alpha value is -1.30. The number of hydrogen-bond acceptors (Lipinski definition) is 5. The number of ketones is 1. The van der Waals surface area contributed by atoms with Gasteiger partial charge in [0.15, 0.2) is 21.4 Å². The molecular formula is C10H12N2O3S. The molecule has 0 aliphatic carbocycles. The van der Waals surface area contributed by atoms with Gasteiger partial charge in [0.25, 0.3) is 0 Å². The van der Waals surface area contributed by atoms with Crippen molar-refractivity contribution in [2.24, 2.45) is 0 Å². The number of carbonyl (C=O) groups excluding carboxylic acids is 1. The molecule has 2 rings (SSSR count). The van der Waals surface area contributed by atoms with Gasteiger partial charge in [-0.15, -0.1) is 0 Å². The third-order valence-corrected chi connectivity index (χ3v) is 4.18. The van der Waals surface area contributed by atoms with Gasteiger partial charge in [0.2, 0.25) is 0 Å². The number of fused-ring (bicyclic) bond motifs is 1. The van der Waals surface area contributed by atoms with Crippen molar-refractivity contribution in [2.45, 2.75) is 26.0 Å². The number of rotatable bonds is 1. The van der Waals surface area contributed by atoms with Gasteiger partial charge in [-0.2, -0.15) is 0 Å². The zero-order chi connectivity index (χ0) is 11.9. The molecule has 1 aliphatic rings. The number of carbonyl (C=O) groups is 1. The molecule has 0 unspecified atom stereocenters. The molecule has 0 N–H and O–H groups in total. The van der Waals surface area contributed by atoms with Crippen molar-refractivity contribution in [3.05, 3.63) is 22.8 Å². The van der Waals surface area contributed by atoms with Crippen molar-refractivity contribution >= 4 is 15.6 Å². The van der Waals surface area contributed by atoms with E-state index in [1.807, 2.05) is 0 Å². The normalized spacial score (nSPS) is 17.9. The minimum Gasteiger partial charge on any atom is -0.291 e. The highest BCUT2D eigenvalue weighted by molar-refractivity contribution is 7.90. The Morgan fingerprint density at radius 1 is 1.31 bits per heavy atom. The molecule has 2 heterocycles. The third-order valence-electron chi connectivity index (χ3n) is 2.63. The van der Waals surface area contributed by atoms with E-state index in [0.717, 1.165) is 0 Å². The van der Waals surface area contributed by atoms with Crippen LogP contribution in [0, 0.1) is 6.92 Å². The van der Waals surface area contributed by atoms with Gasteiger partial charge >= 0.3 is 0 Å². The van der Waals surface area contributed by atoms with Crippen LogP contribution >= 0.6 is 0 Å².